The van der Waals surface area contributed by atoms with Gasteiger partial charge in [0.15, 0.2) is 0 Å². The molecule has 0 unspecified atom stereocenters. The number of hydrogen-bond acceptors (Lipinski definition) is 6. The van der Waals surface area contributed by atoms with Crippen LogP contribution in [0.15, 0.2) is 35.2 Å². The third-order valence-corrected chi connectivity index (χ3v) is 7.28. The monoisotopic (exact) mass is 410 g/mol. The fraction of sp³-hybridized carbons (Fsp3) is 0.294. The summed E-state index contributed by atoms with van der Waals surface area (Å²) < 4.78 is 32.1. The molecule has 1 aromatic carbocycles. The molecule has 8 nitrogen and oxygen atoms in total. The van der Waals surface area contributed by atoms with Crippen LogP contribution >= 0.6 is 11.3 Å². The van der Waals surface area contributed by atoms with E-state index in [2.05, 4.69) is 5.32 Å². The summed E-state index contributed by atoms with van der Waals surface area (Å²) >= 11 is 1.10. The van der Waals surface area contributed by atoms with E-state index < -0.39 is 21.9 Å². The normalized spacial score (nSPS) is 15.4. The number of aryl methyl sites for hydroxylation is 1. The minimum absolute atomic E-state index is 0.110. The highest BCUT2D eigenvalue weighted by atomic mass is 32.2. The smallest absolute Gasteiger partial charge is 0.335 e. The number of carboxylic acids is 1. The van der Waals surface area contributed by atoms with Gasteiger partial charge in [0, 0.05) is 23.7 Å². The van der Waals surface area contributed by atoms with Gasteiger partial charge in [-0.1, -0.05) is 0 Å². The molecule has 0 spiro atoms. The Labute approximate surface area is 160 Å². The zero-order valence-electron chi connectivity index (χ0n) is 14.5. The first-order chi connectivity index (χ1) is 12.8. The Kier molecular flexibility index (Phi) is 5.61. The molecular weight excluding hydrogens is 392 g/mol. The van der Waals surface area contributed by atoms with E-state index >= 15 is 0 Å². The molecule has 0 aliphatic carbocycles. The Balaban J connectivity index is 1.78. The SMILES string of the molecule is Cc1sc(C(=O)Nc2ccc(C(=O)O)cc2)cc1S(=O)(=O)N1CCOCC1. The molecular formula is C17H18N2O6S2. The average molecular weight is 410 g/mol. The number of hydrogen-bond donors (Lipinski definition) is 2. The van der Waals surface area contributed by atoms with Crippen LogP contribution in [0.25, 0.3) is 0 Å². The molecule has 10 heteroatoms. The molecule has 1 aliphatic heterocycles. The molecule has 1 saturated heterocycles. The Hall–Kier alpha value is -2.27. The first-order valence-corrected chi connectivity index (χ1v) is 10.4. The van der Waals surface area contributed by atoms with Crippen LogP contribution in [0, 0.1) is 6.92 Å². The maximum atomic E-state index is 12.8. The number of carbonyl (C=O) groups is 2. The molecule has 2 N–H and O–H groups in total. The minimum atomic E-state index is -3.67. The number of anilines is 1. The first-order valence-electron chi connectivity index (χ1n) is 8.12. The van der Waals surface area contributed by atoms with Gasteiger partial charge in [-0.25, -0.2) is 13.2 Å². The fourth-order valence-electron chi connectivity index (χ4n) is 2.65. The van der Waals surface area contributed by atoms with Gasteiger partial charge in [-0.2, -0.15) is 4.31 Å². The van der Waals surface area contributed by atoms with Crippen molar-refractivity contribution in [1.82, 2.24) is 4.31 Å². The summed E-state index contributed by atoms with van der Waals surface area (Å²) in [4.78, 5) is 24.2. The van der Waals surface area contributed by atoms with Crippen molar-refractivity contribution in [2.45, 2.75) is 11.8 Å². The van der Waals surface area contributed by atoms with Crippen molar-refractivity contribution >= 4 is 38.9 Å². The molecule has 0 atom stereocenters. The van der Waals surface area contributed by atoms with Gasteiger partial charge >= 0.3 is 5.97 Å². The number of nitrogens with zero attached hydrogens (tertiary/aromatic N) is 1. The maximum absolute atomic E-state index is 12.8. The van der Waals surface area contributed by atoms with Gasteiger partial charge in [-0.05, 0) is 37.3 Å². The molecule has 2 aromatic rings. The third-order valence-electron chi connectivity index (χ3n) is 4.07. The van der Waals surface area contributed by atoms with Crippen LogP contribution in [-0.2, 0) is 14.8 Å². The van der Waals surface area contributed by atoms with Crippen LogP contribution in [0.2, 0.25) is 0 Å². The summed E-state index contributed by atoms with van der Waals surface area (Å²) in [6, 6.07) is 7.10. The van der Waals surface area contributed by atoms with Crippen molar-refractivity contribution in [2.24, 2.45) is 0 Å². The van der Waals surface area contributed by atoms with Crippen LogP contribution in [0.5, 0.6) is 0 Å². The molecule has 144 valence electrons. The van der Waals surface area contributed by atoms with Crippen LogP contribution in [0.4, 0.5) is 5.69 Å². The molecule has 3 rings (SSSR count). The van der Waals surface area contributed by atoms with E-state index in [-0.39, 0.29) is 28.4 Å². The number of amides is 1. The van der Waals surface area contributed by atoms with Crippen molar-refractivity contribution in [3.05, 3.63) is 45.6 Å². The van der Waals surface area contributed by atoms with E-state index in [1.54, 1.807) is 6.92 Å². The van der Waals surface area contributed by atoms with Gasteiger partial charge in [0.2, 0.25) is 10.0 Å². The first kappa shape index (κ1) is 19.5. The molecule has 1 amide bonds. The molecule has 1 aliphatic rings. The Bertz CT molecular complexity index is 960. The van der Waals surface area contributed by atoms with E-state index in [9.17, 15) is 18.0 Å². The number of rotatable bonds is 5. The third kappa shape index (κ3) is 4.19. The minimum Gasteiger partial charge on any atom is -0.478 e. The predicted octanol–water partition coefficient (Wildman–Crippen LogP) is 2.03. The number of aromatic carboxylic acids is 1. The molecule has 0 bridgehead atoms. The lowest BCUT2D eigenvalue weighted by molar-refractivity contribution is 0.0696. The van der Waals surface area contributed by atoms with Crippen LogP contribution in [-0.4, -0.2) is 56.0 Å². The molecule has 0 radical (unpaired) electrons. The second kappa shape index (κ2) is 7.77. The van der Waals surface area contributed by atoms with Gasteiger partial charge in [-0.15, -0.1) is 11.3 Å². The summed E-state index contributed by atoms with van der Waals surface area (Å²) in [5, 5.41) is 11.5. The van der Waals surface area contributed by atoms with Gasteiger partial charge in [-0.3, -0.25) is 4.79 Å². The van der Waals surface area contributed by atoms with E-state index in [0.29, 0.717) is 23.8 Å². The summed E-state index contributed by atoms with van der Waals surface area (Å²) in [5.41, 5.74) is 0.535. The quantitative estimate of drug-likeness (QED) is 0.780. The number of sulfonamides is 1. The van der Waals surface area contributed by atoms with Crippen molar-refractivity contribution in [1.29, 1.82) is 0 Å². The lowest BCUT2D eigenvalue weighted by Crippen LogP contribution is -2.40. The van der Waals surface area contributed by atoms with Gasteiger partial charge in [0.05, 0.1) is 28.5 Å². The topological polar surface area (TPSA) is 113 Å². The van der Waals surface area contributed by atoms with Crippen molar-refractivity contribution in [3.63, 3.8) is 0 Å². The largest absolute Gasteiger partial charge is 0.478 e. The fourth-order valence-corrected chi connectivity index (χ4v) is 5.51. The van der Waals surface area contributed by atoms with Crippen molar-refractivity contribution < 1.29 is 27.9 Å². The summed E-state index contributed by atoms with van der Waals surface area (Å²) in [5.74, 6) is -1.51. The Morgan fingerprint density at radius 1 is 1.19 bits per heavy atom. The number of nitrogens with one attached hydrogen (secondary N) is 1. The lowest BCUT2D eigenvalue weighted by atomic mass is 10.2. The van der Waals surface area contributed by atoms with E-state index in [1.807, 2.05) is 0 Å². The van der Waals surface area contributed by atoms with Crippen molar-refractivity contribution in [3.8, 4) is 0 Å². The second-order valence-electron chi connectivity index (χ2n) is 5.88. The summed E-state index contributed by atoms with van der Waals surface area (Å²) in [7, 11) is -3.67. The summed E-state index contributed by atoms with van der Waals surface area (Å²) in [6.07, 6.45) is 0. The van der Waals surface area contributed by atoms with Gasteiger partial charge < -0.3 is 15.2 Å². The van der Waals surface area contributed by atoms with Crippen LogP contribution < -0.4 is 5.32 Å². The van der Waals surface area contributed by atoms with Crippen molar-refractivity contribution in [2.75, 3.05) is 31.6 Å². The number of benzene rings is 1. The standard InChI is InChI=1S/C17H18N2O6S2/c1-11-15(27(23,24)19-6-8-25-9-7-19)10-14(26-11)16(20)18-13-4-2-12(3-5-13)17(21)22/h2-5,10H,6-9H2,1H3,(H,18,20)(H,21,22). The highest BCUT2D eigenvalue weighted by Crippen LogP contribution is 2.29. The molecule has 0 saturated carbocycles. The predicted molar refractivity (Wildman–Crippen MR) is 100.0 cm³/mol. The van der Waals surface area contributed by atoms with Gasteiger partial charge in [0.1, 0.15) is 0 Å². The molecule has 1 fully saturated rings. The number of morpholine rings is 1. The van der Waals surface area contributed by atoms with Gasteiger partial charge in [0.25, 0.3) is 5.91 Å². The number of carboxylic acid groups (broad SMARTS) is 1. The summed E-state index contributed by atoms with van der Waals surface area (Å²) in [6.45, 7) is 2.94. The highest BCUT2D eigenvalue weighted by Gasteiger charge is 2.30. The maximum Gasteiger partial charge on any atom is 0.335 e. The molecule has 1 aromatic heterocycles. The van der Waals surface area contributed by atoms with E-state index in [4.69, 9.17) is 9.84 Å². The number of carbonyl (C=O) groups excluding carboxylic acids is 1. The van der Waals surface area contributed by atoms with E-state index in [1.165, 1.54) is 34.6 Å². The highest BCUT2D eigenvalue weighted by molar-refractivity contribution is 7.89. The number of ether oxygens (including phenoxy) is 1. The lowest BCUT2D eigenvalue weighted by Gasteiger charge is -2.25. The van der Waals surface area contributed by atoms with Crippen LogP contribution in [0.1, 0.15) is 24.9 Å². The van der Waals surface area contributed by atoms with E-state index in [0.717, 1.165) is 11.3 Å². The Morgan fingerprint density at radius 3 is 2.41 bits per heavy atom. The molecule has 27 heavy (non-hydrogen) atoms. The zero-order chi connectivity index (χ0) is 19.6. The second-order valence-corrected chi connectivity index (χ2v) is 9.05. The average Bonchev–Trinajstić information content (AvgIpc) is 3.05. The van der Waals surface area contributed by atoms with Crippen LogP contribution in [0.3, 0.4) is 0 Å². The Morgan fingerprint density at radius 2 is 1.81 bits per heavy atom. The molecule has 2 heterocycles. The number of thiophene rings is 1. The zero-order valence-corrected chi connectivity index (χ0v) is 16.1.